The number of carbonyl (C=O) groups excluding carboxylic acids is 1. The second kappa shape index (κ2) is 9.41. The Morgan fingerprint density at radius 3 is 2.50 bits per heavy atom. The molecule has 3 aromatic rings. The van der Waals surface area contributed by atoms with Gasteiger partial charge in [-0.25, -0.2) is 4.98 Å². The van der Waals surface area contributed by atoms with Crippen LogP contribution in [0.2, 0.25) is 10.0 Å². The third-order valence-corrected chi connectivity index (χ3v) is 6.86. The summed E-state index contributed by atoms with van der Waals surface area (Å²) in [4.78, 5) is 30.5. The molecular formula is C22H21Cl2N3O2S. The second-order valence-corrected chi connectivity index (χ2v) is 9.07. The molecule has 4 rings (SSSR count). The maximum absolute atomic E-state index is 13.2. The number of thioether (sulfide) groups is 1. The standard InChI is InChI=1S/C22H21Cl2N3O2S/c23-16-10-6-11-17(24)20(16)26-19(28)13-30-22-25-18-12-5-4-9-15(18)21(29)27(22)14-7-2-1-3-8-14/h4-6,9-12,14H,1-3,7-8,13H2,(H,26,28). The fourth-order valence-corrected chi connectivity index (χ4v) is 5.17. The highest BCUT2D eigenvalue weighted by atomic mass is 35.5. The van der Waals surface area contributed by atoms with Gasteiger partial charge in [-0.05, 0) is 37.1 Å². The van der Waals surface area contributed by atoms with Crippen molar-refractivity contribution in [2.24, 2.45) is 0 Å². The quantitative estimate of drug-likeness (QED) is 0.377. The zero-order valence-corrected chi connectivity index (χ0v) is 18.6. The monoisotopic (exact) mass is 461 g/mol. The molecule has 0 spiro atoms. The Bertz CT molecular complexity index is 1120. The number of aromatic nitrogens is 2. The average Bonchev–Trinajstić information content (AvgIpc) is 2.76. The van der Waals surface area contributed by atoms with Crippen LogP contribution < -0.4 is 10.9 Å². The number of nitrogens with one attached hydrogen (secondary N) is 1. The molecule has 0 saturated heterocycles. The van der Waals surface area contributed by atoms with Crippen LogP contribution in [0, 0.1) is 0 Å². The van der Waals surface area contributed by atoms with Gasteiger partial charge in [0.1, 0.15) is 0 Å². The fourth-order valence-electron chi connectivity index (χ4n) is 3.81. The Hall–Kier alpha value is -2.02. The highest BCUT2D eigenvalue weighted by Gasteiger charge is 2.22. The summed E-state index contributed by atoms with van der Waals surface area (Å²) in [6.07, 6.45) is 5.29. The lowest BCUT2D eigenvalue weighted by atomic mass is 9.95. The molecule has 0 unspecified atom stereocenters. The lowest BCUT2D eigenvalue weighted by Crippen LogP contribution is -2.29. The lowest BCUT2D eigenvalue weighted by molar-refractivity contribution is -0.113. The molecule has 1 fully saturated rings. The molecule has 156 valence electrons. The largest absolute Gasteiger partial charge is 0.323 e. The van der Waals surface area contributed by atoms with Gasteiger partial charge in [0.25, 0.3) is 5.56 Å². The van der Waals surface area contributed by atoms with E-state index in [0.717, 1.165) is 25.7 Å². The number of nitrogens with zero attached hydrogens (tertiary/aromatic N) is 2. The fraction of sp³-hybridized carbons (Fsp3) is 0.318. The van der Waals surface area contributed by atoms with Gasteiger partial charge in [0.05, 0.1) is 32.4 Å². The molecule has 1 saturated carbocycles. The van der Waals surface area contributed by atoms with Crippen LogP contribution in [-0.2, 0) is 4.79 Å². The first kappa shape index (κ1) is 21.2. The number of anilines is 1. The molecule has 0 bridgehead atoms. The van der Waals surface area contributed by atoms with Gasteiger partial charge in [-0.3, -0.25) is 14.2 Å². The van der Waals surface area contributed by atoms with Gasteiger partial charge in [0, 0.05) is 6.04 Å². The van der Waals surface area contributed by atoms with E-state index in [4.69, 9.17) is 28.2 Å². The first-order chi connectivity index (χ1) is 14.5. The first-order valence-corrected chi connectivity index (χ1v) is 11.7. The van der Waals surface area contributed by atoms with Crippen molar-refractivity contribution in [1.29, 1.82) is 0 Å². The van der Waals surface area contributed by atoms with Crippen LogP contribution in [-0.4, -0.2) is 21.2 Å². The van der Waals surface area contributed by atoms with Crippen LogP contribution in [0.5, 0.6) is 0 Å². The topological polar surface area (TPSA) is 64.0 Å². The maximum Gasteiger partial charge on any atom is 0.262 e. The van der Waals surface area contributed by atoms with Crippen molar-refractivity contribution >= 4 is 57.5 Å². The van der Waals surface area contributed by atoms with E-state index < -0.39 is 0 Å². The van der Waals surface area contributed by atoms with Crippen molar-refractivity contribution in [2.75, 3.05) is 11.1 Å². The van der Waals surface area contributed by atoms with E-state index in [0.29, 0.717) is 31.8 Å². The van der Waals surface area contributed by atoms with Crippen LogP contribution >= 0.6 is 35.0 Å². The minimum absolute atomic E-state index is 0.0374. The van der Waals surface area contributed by atoms with Crippen molar-refractivity contribution in [2.45, 2.75) is 43.3 Å². The van der Waals surface area contributed by atoms with E-state index in [9.17, 15) is 9.59 Å². The molecule has 1 aromatic heterocycles. The van der Waals surface area contributed by atoms with E-state index >= 15 is 0 Å². The van der Waals surface area contributed by atoms with Crippen LogP contribution in [0.15, 0.2) is 52.4 Å². The summed E-state index contributed by atoms with van der Waals surface area (Å²) in [5.41, 5.74) is 0.999. The van der Waals surface area contributed by atoms with Crippen LogP contribution in [0.3, 0.4) is 0 Å². The predicted octanol–water partition coefficient (Wildman–Crippen LogP) is 5.94. The van der Waals surface area contributed by atoms with Gasteiger partial charge < -0.3 is 5.32 Å². The van der Waals surface area contributed by atoms with Gasteiger partial charge in [0.15, 0.2) is 5.16 Å². The zero-order chi connectivity index (χ0) is 21.1. The molecule has 1 aliphatic carbocycles. The Kier molecular flexibility index (Phi) is 6.66. The molecule has 0 radical (unpaired) electrons. The van der Waals surface area contributed by atoms with Crippen LogP contribution in [0.4, 0.5) is 5.69 Å². The third kappa shape index (κ3) is 4.51. The molecule has 1 N–H and O–H groups in total. The number of fused-ring (bicyclic) bond motifs is 1. The summed E-state index contributed by atoms with van der Waals surface area (Å²) in [6.45, 7) is 0. The normalized spacial score (nSPS) is 14.7. The number of benzene rings is 2. The highest BCUT2D eigenvalue weighted by Crippen LogP contribution is 2.32. The minimum Gasteiger partial charge on any atom is -0.323 e. The molecule has 1 heterocycles. The van der Waals surface area contributed by atoms with Crippen molar-refractivity contribution < 1.29 is 4.79 Å². The van der Waals surface area contributed by atoms with E-state index in [1.165, 1.54) is 18.2 Å². The van der Waals surface area contributed by atoms with E-state index in [-0.39, 0.29) is 23.3 Å². The molecule has 1 amide bonds. The van der Waals surface area contributed by atoms with Gasteiger partial charge in [-0.15, -0.1) is 0 Å². The van der Waals surface area contributed by atoms with Crippen LogP contribution in [0.1, 0.15) is 38.1 Å². The van der Waals surface area contributed by atoms with Crippen molar-refractivity contribution in [1.82, 2.24) is 9.55 Å². The van der Waals surface area contributed by atoms with E-state index in [2.05, 4.69) is 5.32 Å². The summed E-state index contributed by atoms with van der Waals surface area (Å²) in [5, 5.41) is 4.70. The first-order valence-electron chi connectivity index (χ1n) is 9.92. The van der Waals surface area contributed by atoms with Gasteiger partial charge in [0.2, 0.25) is 5.91 Å². The Balaban J connectivity index is 1.61. The van der Waals surface area contributed by atoms with Crippen LogP contribution in [0.25, 0.3) is 10.9 Å². The molecule has 30 heavy (non-hydrogen) atoms. The number of hydrogen-bond acceptors (Lipinski definition) is 4. The molecular weight excluding hydrogens is 441 g/mol. The summed E-state index contributed by atoms with van der Waals surface area (Å²) < 4.78 is 1.79. The van der Waals surface area contributed by atoms with Gasteiger partial charge in [-0.1, -0.05) is 72.4 Å². The zero-order valence-electron chi connectivity index (χ0n) is 16.2. The molecule has 1 aliphatic rings. The molecule has 2 aromatic carbocycles. The summed E-state index contributed by atoms with van der Waals surface area (Å²) >= 11 is 13.5. The molecule has 0 atom stereocenters. The minimum atomic E-state index is -0.257. The number of para-hydroxylation sites is 2. The maximum atomic E-state index is 13.2. The van der Waals surface area contributed by atoms with E-state index in [1.54, 1.807) is 22.8 Å². The lowest BCUT2D eigenvalue weighted by Gasteiger charge is -2.26. The Morgan fingerprint density at radius 1 is 1.07 bits per heavy atom. The number of rotatable bonds is 5. The van der Waals surface area contributed by atoms with Crippen molar-refractivity contribution in [3.05, 3.63) is 62.9 Å². The molecule has 0 aliphatic heterocycles. The number of hydrogen-bond donors (Lipinski definition) is 1. The number of carbonyl (C=O) groups is 1. The van der Waals surface area contributed by atoms with E-state index in [1.807, 2.05) is 24.3 Å². The number of amides is 1. The molecule has 8 heteroatoms. The van der Waals surface area contributed by atoms with Crippen molar-refractivity contribution in [3.8, 4) is 0 Å². The Labute approximate surface area is 188 Å². The molecule has 5 nitrogen and oxygen atoms in total. The number of halogens is 2. The highest BCUT2D eigenvalue weighted by molar-refractivity contribution is 7.99. The third-order valence-electron chi connectivity index (χ3n) is 5.27. The van der Waals surface area contributed by atoms with Gasteiger partial charge >= 0.3 is 0 Å². The van der Waals surface area contributed by atoms with Gasteiger partial charge in [-0.2, -0.15) is 0 Å². The SMILES string of the molecule is O=C(CSc1nc2ccccc2c(=O)n1C1CCCCC1)Nc1c(Cl)cccc1Cl. The predicted molar refractivity (Wildman–Crippen MR) is 124 cm³/mol. The Morgan fingerprint density at radius 2 is 1.77 bits per heavy atom. The average molecular weight is 462 g/mol. The summed E-state index contributed by atoms with van der Waals surface area (Å²) in [5.74, 6) is -0.161. The summed E-state index contributed by atoms with van der Waals surface area (Å²) in [6, 6.07) is 12.5. The summed E-state index contributed by atoms with van der Waals surface area (Å²) in [7, 11) is 0. The second-order valence-electron chi connectivity index (χ2n) is 7.31. The van der Waals surface area contributed by atoms with Crippen molar-refractivity contribution in [3.63, 3.8) is 0 Å². The smallest absolute Gasteiger partial charge is 0.262 e.